The zero-order valence-electron chi connectivity index (χ0n) is 35.2. The molecule has 8 rings (SSSR count). The number of ether oxygens (including phenoxy) is 2. The first-order valence-corrected chi connectivity index (χ1v) is 25.1. The number of esters is 1. The predicted molar refractivity (Wildman–Crippen MR) is 241 cm³/mol. The first-order valence-electron chi connectivity index (χ1n) is 19.7. The van der Waals surface area contributed by atoms with Gasteiger partial charge in [0.05, 0.1) is 18.8 Å². The number of aryl methyl sites for hydroxylation is 6. The standard InChI is InChI=1S/C21H27N2.C10H12O5.C7H6.2C5H5N.2ClH.Ru/c1-14-9-16(3)20(17(4)10-14)22-7-8-23(13-22)21-18(5)11-15(2)12-19(21)6;1-2-14-10(13)8-6-4-3-5(15-6)7(8)9(11)12;1-7-5-3-2-4-6-7;2*1-2-4-6-5-3-1;;;/h9-13H,7-8H2,1-6H3;3-8H,2H2,1H3,(H,11,12);1-6H;2*1-5H;2*1H;/q-1;;;;;;;+2/p-2. The Balaban J connectivity index is 0.000000183. The molecule has 4 atom stereocenters. The van der Waals surface area contributed by atoms with E-state index in [-0.39, 0.29) is 6.61 Å². The summed E-state index contributed by atoms with van der Waals surface area (Å²) in [7, 11) is 11.3. The number of hydrogen-bond acceptors (Lipinski definition) is 8. The maximum absolute atomic E-state index is 11.6. The Kier molecular flexibility index (Phi) is 19.6. The van der Waals surface area contributed by atoms with Crippen LogP contribution in [0.5, 0.6) is 0 Å². The number of carbonyl (C=O) groups is 2. The van der Waals surface area contributed by atoms with Gasteiger partial charge in [0.25, 0.3) is 0 Å². The molecule has 0 saturated carbocycles. The number of halogens is 2. The molecular formula is C48H55Cl2N4O5Ru-. The van der Waals surface area contributed by atoms with E-state index in [0.717, 1.165) is 18.7 Å². The summed E-state index contributed by atoms with van der Waals surface area (Å²) in [6, 6.07) is 30.4. The number of nitrogens with zero attached hydrogens (tertiary/aromatic N) is 4. The van der Waals surface area contributed by atoms with Gasteiger partial charge in [-0.15, -0.1) is 0 Å². The van der Waals surface area contributed by atoms with E-state index in [9.17, 15) is 9.59 Å². The van der Waals surface area contributed by atoms with Crippen molar-refractivity contribution in [1.82, 2.24) is 9.97 Å². The fourth-order valence-corrected chi connectivity index (χ4v) is 9.27. The second-order valence-corrected chi connectivity index (χ2v) is 20.1. The van der Waals surface area contributed by atoms with Gasteiger partial charge >= 0.3 is 85.3 Å². The molecule has 0 aliphatic carbocycles. The van der Waals surface area contributed by atoms with E-state index in [4.69, 9.17) is 34.0 Å². The molecule has 5 heterocycles. The largest absolute Gasteiger partial charge is 0.265 e. The van der Waals surface area contributed by atoms with E-state index < -0.39 is 49.5 Å². The molecule has 0 amide bonds. The second kappa shape index (κ2) is 24.5. The Morgan fingerprint density at radius 3 is 1.50 bits per heavy atom. The molecule has 320 valence electrons. The van der Waals surface area contributed by atoms with Gasteiger partial charge in [0, 0.05) is 49.3 Å². The molecule has 5 aromatic rings. The van der Waals surface area contributed by atoms with Gasteiger partial charge in [-0.05, 0) is 95.0 Å². The number of aromatic nitrogens is 2. The smallest absolute Gasteiger partial charge is 0.0267 e. The Hall–Kier alpha value is -4.73. The van der Waals surface area contributed by atoms with E-state index in [2.05, 4.69) is 92.2 Å². The van der Waals surface area contributed by atoms with Crippen LogP contribution in [-0.4, -0.2) is 63.5 Å². The van der Waals surface area contributed by atoms with Gasteiger partial charge in [0.15, 0.2) is 0 Å². The number of fused-ring (bicyclic) bond motifs is 2. The maximum atomic E-state index is 11.6. The number of aliphatic carboxylic acids is 1. The Bertz CT molecular complexity index is 1980. The SMILES string of the molecule is CCOC(=O)C1C2C=CC(O2)C1C(=O)O.Cc1cc(C)c(N2[CH-]N(c3c(C)cc(C)cc3C)CC2)c(C)c1.[Cl][Ru]([Cl])=[CH]c1ccccc1.c1ccncc1.c1ccncc1. The van der Waals surface area contributed by atoms with Crippen LogP contribution in [-0.2, 0) is 32.6 Å². The van der Waals surface area contributed by atoms with Crippen molar-refractivity contribution in [3.8, 4) is 0 Å². The molecule has 0 spiro atoms. The van der Waals surface area contributed by atoms with Crippen molar-refractivity contribution in [2.45, 2.75) is 60.7 Å². The summed E-state index contributed by atoms with van der Waals surface area (Å²) in [6.07, 6.45) is 9.50. The number of anilines is 2. The molecule has 2 bridgehead atoms. The van der Waals surface area contributed by atoms with Gasteiger partial charge in [-0.25, -0.2) is 0 Å². The van der Waals surface area contributed by atoms with E-state index in [1.54, 1.807) is 43.9 Å². The monoisotopic (exact) mass is 939 g/mol. The van der Waals surface area contributed by atoms with Crippen LogP contribution in [0.15, 0.2) is 128 Å². The Labute approximate surface area is 368 Å². The van der Waals surface area contributed by atoms with Gasteiger partial charge in [0.2, 0.25) is 0 Å². The van der Waals surface area contributed by atoms with Crippen molar-refractivity contribution >= 4 is 47.3 Å². The van der Waals surface area contributed by atoms with Crippen molar-refractivity contribution in [3.05, 3.63) is 174 Å². The number of carbonyl (C=O) groups excluding carboxylic acids is 1. The molecule has 60 heavy (non-hydrogen) atoms. The third-order valence-electron chi connectivity index (χ3n) is 9.58. The van der Waals surface area contributed by atoms with Crippen molar-refractivity contribution in [2.75, 3.05) is 29.5 Å². The van der Waals surface area contributed by atoms with Gasteiger partial charge in [0.1, 0.15) is 11.8 Å². The average Bonchev–Trinajstić information content (AvgIpc) is 3.98. The van der Waals surface area contributed by atoms with Crippen LogP contribution in [0.2, 0.25) is 0 Å². The van der Waals surface area contributed by atoms with Crippen LogP contribution < -0.4 is 9.80 Å². The van der Waals surface area contributed by atoms with E-state index in [1.165, 1.54) is 44.8 Å². The molecule has 3 aromatic carbocycles. The molecular weight excluding hydrogens is 885 g/mol. The number of pyridine rings is 2. The summed E-state index contributed by atoms with van der Waals surface area (Å²) >= 11 is -1.61. The minimum Gasteiger partial charge on any atom is -0.265 e. The number of rotatable bonds is 6. The molecule has 0 radical (unpaired) electrons. The van der Waals surface area contributed by atoms with Crippen molar-refractivity contribution in [1.29, 1.82) is 0 Å². The zero-order chi connectivity index (χ0) is 43.6. The molecule has 2 fully saturated rings. The summed E-state index contributed by atoms with van der Waals surface area (Å²) in [5, 5.41) is 9.00. The van der Waals surface area contributed by atoms with Crippen LogP contribution in [0.4, 0.5) is 11.4 Å². The number of benzene rings is 3. The first-order chi connectivity index (χ1) is 28.8. The third-order valence-corrected chi connectivity index (χ3v) is 11.4. The zero-order valence-corrected chi connectivity index (χ0v) is 38.4. The van der Waals surface area contributed by atoms with Gasteiger partial charge in [-0.2, -0.15) is 6.67 Å². The summed E-state index contributed by atoms with van der Waals surface area (Å²) < 4.78 is 12.1. The summed E-state index contributed by atoms with van der Waals surface area (Å²) in [5.74, 6) is -3.00. The minimum absolute atomic E-state index is 0.253. The van der Waals surface area contributed by atoms with Crippen LogP contribution in [0.3, 0.4) is 0 Å². The van der Waals surface area contributed by atoms with E-state index in [0.29, 0.717) is 0 Å². The minimum atomic E-state index is -1.61. The van der Waals surface area contributed by atoms with Gasteiger partial charge in [-0.1, -0.05) is 59.7 Å². The van der Waals surface area contributed by atoms with Crippen molar-refractivity contribution in [2.24, 2.45) is 11.8 Å². The summed E-state index contributed by atoms with van der Waals surface area (Å²) in [4.78, 5) is 34.9. The van der Waals surface area contributed by atoms with E-state index >= 15 is 0 Å². The first kappa shape index (κ1) is 47.9. The summed E-state index contributed by atoms with van der Waals surface area (Å²) in [5.41, 5.74) is 12.0. The molecule has 2 aromatic heterocycles. The predicted octanol–water partition coefficient (Wildman–Crippen LogP) is 10.1. The third kappa shape index (κ3) is 14.5. The topological polar surface area (TPSA) is 105 Å². The van der Waals surface area contributed by atoms with Crippen LogP contribution >= 0.6 is 19.4 Å². The fraction of sp³-hybridized carbons (Fsp3) is 0.292. The quantitative estimate of drug-likeness (QED) is 0.0771. The molecule has 2 saturated heterocycles. The van der Waals surface area contributed by atoms with Crippen molar-refractivity contribution in [3.63, 3.8) is 0 Å². The van der Waals surface area contributed by atoms with Gasteiger partial charge in [-0.3, -0.25) is 19.6 Å². The van der Waals surface area contributed by atoms with Gasteiger partial charge < -0.3 is 24.4 Å². The fourth-order valence-electron chi connectivity index (χ4n) is 7.45. The van der Waals surface area contributed by atoms with Crippen LogP contribution in [0.1, 0.15) is 45.9 Å². The maximum Gasteiger partial charge on any atom is 0.0267 e. The van der Waals surface area contributed by atoms with Crippen molar-refractivity contribution < 1.29 is 37.7 Å². The molecule has 12 heteroatoms. The number of carboxylic acid groups (broad SMARTS) is 1. The number of hydrogen-bond donors (Lipinski definition) is 1. The molecule has 1 N–H and O–H groups in total. The van der Waals surface area contributed by atoms with Crippen LogP contribution in [0, 0.1) is 60.0 Å². The Morgan fingerprint density at radius 2 is 1.15 bits per heavy atom. The molecule has 3 aliphatic rings. The summed E-state index contributed by atoms with van der Waals surface area (Å²) in [6.45, 7) is 19.5. The normalized spacial score (nSPS) is 18.2. The molecule has 9 nitrogen and oxygen atoms in total. The second-order valence-electron chi connectivity index (χ2n) is 14.4. The van der Waals surface area contributed by atoms with E-state index in [1.807, 2.05) is 71.3 Å². The Morgan fingerprint density at radius 1 is 0.733 bits per heavy atom. The molecule has 4 unspecified atom stereocenters. The average molecular weight is 940 g/mol. The molecule has 3 aliphatic heterocycles. The number of carboxylic acids is 1. The van der Waals surface area contributed by atoms with Crippen LogP contribution in [0.25, 0.3) is 0 Å².